The highest BCUT2D eigenvalue weighted by molar-refractivity contribution is 5.79. The van der Waals surface area contributed by atoms with Crippen molar-refractivity contribution in [1.82, 2.24) is 15.1 Å². The normalized spacial score (nSPS) is 23.6. The van der Waals surface area contributed by atoms with Gasteiger partial charge >= 0.3 is 0 Å². The van der Waals surface area contributed by atoms with Crippen molar-refractivity contribution in [2.24, 2.45) is 16.8 Å². The van der Waals surface area contributed by atoms with Crippen LogP contribution in [0.2, 0.25) is 0 Å². The zero-order valence-electron chi connectivity index (χ0n) is 15.8. The minimum Gasteiger partial charge on any atom is -0.383 e. The number of rotatable bonds is 8. The Balaban J connectivity index is 1.76. The topological polar surface area (TPSA) is 49.3 Å². The predicted molar refractivity (Wildman–Crippen MR) is 98.6 cm³/mol. The van der Waals surface area contributed by atoms with Gasteiger partial charge in [0, 0.05) is 52.9 Å². The van der Waals surface area contributed by atoms with E-state index in [1.807, 2.05) is 0 Å². The van der Waals surface area contributed by atoms with Crippen LogP contribution in [0.3, 0.4) is 0 Å². The summed E-state index contributed by atoms with van der Waals surface area (Å²) < 4.78 is 10.7. The summed E-state index contributed by atoms with van der Waals surface area (Å²) in [6.07, 6.45) is 3.66. The monoisotopic (exact) mass is 340 g/mol. The molecule has 0 amide bonds. The van der Waals surface area contributed by atoms with Crippen LogP contribution in [-0.4, -0.2) is 89.0 Å². The predicted octanol–water partition coefficient (Wildman–Crippen LogP) is 1.28. The molecule has 0 aromatic carbocycles. The molecule has 6 heteroatoms. The molecule has 1 N–H and O–H groups in total. The highest BCUT2D eigenvalue weighted by Crippen LogP contribution is 2.18. The SMILES string of the molecule is CCNC(=NCC1CCN(CCOC)CC1)N(C)CC1CCOC1. The van der Waals surface area contributed by atoms with Crippen molar-refractivity contribution in [3.05, 3.63) is 0 Å². The molecular formula is C18H36N4O2. The number of methoxy groups -OCH3 is 1. The molecule has 2 fully saturated rings. The van der Waals surface area contributed by atoms with Gasteiger partial charge in [-0.3, -0.25) is 4.99 Å². The van der Waals surface area contributed by atoms with Gasteiger partial charge in [-0.15, -0.1) is 0 Å². The Morgan fingerprint density at radius 1 is 1.29 bits per heavy atom. The number of ether oxygens (including phenoxy) is 2. The van der Waals surface area contributed by atoms with Gasteiger partial charge in [0.1, 0.15) is 0 Å². The van der Waals surface area contributed by atoms with Gasteiger partial charge in [-0.05, 0) is 45.2 Å². The minimum atomic E-state index is 0.642. The van der Waals surface area contributed by atoms with E-state index in [-0.39, 0.29) is 0 Å². The third kappa shape index (κ3) is 6.57. The lowest BCUT2D eigenvalue weighted by Gasteiger charge is -2.31. The Kier molecular flexibility index (Phi) is 8.84. The Bertz CT molecular complexity index is 364. The molecule has 0 aliphatic carbocycles. The van der Waals surface area contributed by atoms with Gasteiger partial charge in [0.05, 0.1) is 13.2 Å². The average molecular weight is 341 g/mol. The summed E-state index contributed by atoms with van der Waals surface area (Å²) in [6, 6.07) is 0. The first-order valence-electron chi connectivity index (χ1n) is 9.51. The Hall–Kier alpha value is -0.850. The molecule has 0 spiro atoms. The van der Waals surface area contributed by atoms with E-state index in [0.717, 1.165) is 52.0 Å². The second kappa shape index (κ2) is 10.9. The zero-order chi connectivity index (χ0) is 17.2. The summed E-state index contributed by atoms with van der Waals surface area (Å²) in [5.41, 5.74) is 0. The lowest BCUT2D eigenvalue weighted by atomic mass is 9.97. The average Bonchev–Trinajstić information content (AvgIpc) is 3.10. The molecule has 1 atom stereocenters. The number of aliphatic imine (C=N–C) groups is 1. The summed E-state index contributed by atoms with van der Waals surface area (Å²) in [6.45, 7) is 11.1. The second-order valence-corrected chi connectivity index (χ2v) is 7.08. The summed E-state index contributed by atoms with van der Waals surface area (Å²) in [5.74, 6) is 2.40. The van der Waals surface area contributed by atoms with E-state index in [1.54, 1.807) is 7.11 Å². The van der Waals surface area contributed by atoms with Crippen LogP contribution < -0.4 is 5.32 Å². The van der Waals surface area contributed by atoms with E-state index in [1.165, 1.54) is 32.4 Å². The summed E-state index contributed by atoms with van der Waals surface area (Å²) in [5, 5.41) is 3.44. The van der Waals surface area contributed by atoms with Crippen molar-refractivity contribution >= 4 is 5.96 Å². The molecule has 1 unspecified atom stereocenters. The van der Waals surface area contributed by atoms with E-state index in [9.17, 15) is 0 Å². The molecular weight excluding hydrogens is 304 g/mol. The van der Waals surface area contributed by atoms with Crippen LogP contribution in [0.5, 0.6) is 0 Å². The third-order valence-electron chi connectivity index (χ3n) is 5.07. The van der Waals surface area contributed by atoms with Crippen LogP contribution in [0.4, 0.5) is 0 Å². The number of likely N-dealkylation sites (tertiary alicyclic amines) is 1. The summed E-state index contributed by atoms with van der Waals surface area (Å²) in [7, 11) is 3.92. The van der Waals surface area contributed by atoms with E-state index < -0.39 is 0 Å². The number of nitrogens with zero attached hydrogens (tertiary/aromatic N) is 3. The van der Waals surface area contributed by atoms with Gasteiger partial charge in [0.15, 0.2) is 5.96 Å². The van der Waals surface area contributed by atoms with Crippen molar-refractivity contribution in [3.63, 3.8) is 0 Å². The second-order valence-electron chi connectivity index (χ2n) is 7.08. The van der Waals surface area contributed by atoms with Gasteiger partial charge in [-0.2, -0.15) is 0 Å². The van der Waals surface area contributed by atoms with Crippen molar-refractivity contribution in [3.8, 4) is 0 Å². The smallest absolute Gasteiger partial charge is 0.193 e. The third-order valence-corrected chi connectivity index (χ3v) is 5.07. The first kappa shape index (κ1) is 19.5. The van der Waals surface area contributed by atoms with Crippen LogP contribution in [0.25, 0.3) is 0 Å². The molecule has 0 saturated carbocycles. The lowest BCUT2D eigenvalue weighted by molar-refractivity contribution is 0.121. The van der Waals surface area contributed by atoms with E-state index in [0.29, 0.717) is 11.8 Å². The zero-order valence-corrected chi connectivity index (χ0v) is 15.8. The van der Waals surface area contributed by atoms with Crippen LogP contribution in [-0.2, 0) is 9.47 Å². The van der Waals surface area contributed by atoms with Gasteiger partial charge in [0.2, 0.25) is 0 Å². The fourth-order valence-electron chi connectivity index (χ4n) is 3.50. The van der Waals surface area contributed by atoms with Crippen molar-refractivity contribution in [1.29, 1.82) is 0 Å². The fourth-order valence-corrected chi connectivity index (χ4v) is 3.50. The van der Waals surface area contributed by atoms with E-state index in [2.05, 4.69) is 29.1 Å². The largest absolute Gasteiger partial charge is 0.383 e. The van der Waals surface area contributed by atoms with Gasteiger partial charge in [-0.1, -0.05) is 0 Å². The first-order chi connectivity index (χ1) is 11.7. The van der Waals surface area contributed by atoms with Gasteiger partial charge < -0.3 is 24.6 Å². The molecule has 140 valence electrons. The molecule has 6 nitrogen and oxygen atoms in total. The van der Waals surface area contributed by atoms with Crippen LogP contribution in [0, 0.1) is 11.8 Å². The molecule has 2 aliphatic heterocycles. The van der Waals surface area contributed by atoms with Gasteiger partial charge in [0.25, 0.3) is 0 Å². The quantitative estimate of drug-likeness (QED) is 0.533. The number of guanidine groups is 1. The molecule has 2 aliphatic rings. The maximum atomic E-state index is 5.49. The summed E-state index contributed by atoms with van der Waals surface area (Å²) >= 11 is 0. The first-order valence-corrected chi connectivity index (χ1v) is 9.51. The standard InChI is InChI=1S/C18H36N4O2/c1-4-19-18(21(2)14-17-7-11-24-15-17)20-13-16-5-8-22(9-6-16)10-12-23-3/h16-17H,4-15H2,1-3H3,(H,19,20). The number of piperidine rings is 1. The van der Waals surface area contributed by atoms with Gasteiger partial charge in [-0.25, -0.2) is 0 Å². The number of nitrogens with one attached hydrogen (secondary N) is 1. The molecule has 0 bridgehead atoms. The van der Waals surface area contributed by atoms with Crippen molar-refractivity contribution in [2.45, 2.75) is 26.2 Å². The van der Waals surface area contributed by atoms with Crippen LogP contribution >= 0.6 is 0 Å². The molecule has 2 saturated heterocycles. The fraction of sp³-hybridized carbons (Fsp3) is 0.944. The number of hydrogen-bond acceptors (Lipinski definition) is 4. The Morgan fingerprint density at radius 2 is 2.08 bits per heavy atom. The maximum Gasteiger partial charge on any atom is 0.193 e. The molecule has 0 aromatic heterocycles. The molecule has 0 radical (unpaired) electrons. The van der Waals surface area contributed by atoms with Crippen LogP contribution in [0.15, 0.2) is 4.99 Å². The Labute approximate surface area is 147 Å². The van der Waals surface area contributed by atoms with Crippen molar-refractivity contribution in [2.75, 3.05) is 73.2 Å². The van der Waals surface area contributed by atoms with Crippen LogP contribution in [0.1, 0.15) is 26.2 Å². The highest BCUT2D eigenvalue weighted by atomic mass is 16.5. The minimum absolute atomic E-state index is 0.642. The highest BCUT2D eigenvalue weighted by Gasteiger charge is 2.21. The summed E-state index contributed by atoms with van der Waals surface area (Å²) in [4.78, 5) is 9.69. The Morgan fingerprint density at radius 3 is 2.71 bits per heavy atom. The lowest BCUT2D eigenvalue weighted by Crippen LogP contribution is -2.42. The number of hydrogen-bond donors (Lipinski definition) is 1. The van der Waals surface area contributed by atoms with E-state index in [4.69, 9.17) is 14.5 Å². The molecule has 0 aromatic rings. The molecule has 2 rings (SSSR count). The molecule has 2 heterocycles. The molecule has 24 heavy (non-hydrogen) atoms. The maximum absolute atomic E-state index is 5.49. The van der Waals surface area contributed by atoms with Crippen molar-refractivity contribution < 1.29 is 9.47 Å². The van der Waals surface area contributed by atoms with E-state index >= 15 is 0 Å².